The molecular formula is C19H25NO4S. The van der Waals surface area contributed by atoms with E-state index < -0.39 is 17.1 Å². The number of hydrogen-bond donors (Lipinski definition) is 2. The van der Waals surface area contributed by atoms with Gasteiger partial charge in [0.05, 0.1) is 17.6 Å². The molecule has 136 valence electrons. The fourth-order valence-corrected chi connectivity index (χ4v) is 6.17. The second-order valence-corrected chi connectivity index (χ2v) is 9.34. The van der Waals surface area contributed by atoms with Crippen molar-refractivity contribution in [1.29, 1.82) is 0 Å². The lowest BCUT2D eigenvalue weighted by Crippen LogP contribution is -2.59. The Balaban J connectivity index is 1.37. The van der Waals surface area contributed by atoms with Gasteiger partial charge < -0.3 is 15.2 Å². The van der Waals surface area contributed by atoms with Crippen LogP contribution in [0.5, 0.6) is 0 Å². The molecule has 25 heavy (non-hydrogen) atoms. The van der Waals surface area contributed by atoms with Gasteiger partial charge in [0.1, 0.15) is 0 Å². The van der Waals surface area contributed by atoms with Crippen LogP contribution in [0.4, 0.5) is 0 Å². The molecule has 0 saturated heterocycles. The van der Waals surface area contributed by atoms with E-state index >= 15 is 0 Å². The van der Waals surface area contributed by atoms with Gasteiger partial charge >= 0.3 is 5.97 Å². The summed E-state index contributed by atoms with van der Waals surface area (Å²) in [6.45, 7) is 2.07. The summed E-state index contributed by atoms with van der Waals surface area (Å²) in [6, 6.07) is 3.89. The highest BCUT2D eigenvalue weighted by Gasteiger charge is 2.61. The van der Waals surface area contributed by atoms with Crippen LogP contribution in [0, 0.1) is 17.3 Å². The number of aliphatic hydroxyl groups is 1. The minimum Gasteiger partial charge on any atom is -0.452 e. The Kier molecular flexibility index (Phi) is 4.15. The first kappa shape index (κ1) is 17.0. The lowest BCUT2D eigenvalue weighted by molar-refractivity contribution is -0.200. The number of ether oxygens (including phenoxy) is 1. The van der Waals surface area contributed by atoms with Gasteiger partial charge in [-0.3, -0.25) is 9.59 Å². The van der Waals surface area contributed by atoms with Crippen molar-refractivity contribution in [3.63, 3.8) is 0 Å². The van der Waals surface area contributed by atoms with Crippen molar-refractivity contribution in [2.45, 2.75) is 63.7 Å². The van der Waals surface area contributed by atoms with Crippen LogP contribution >= 0.6 is 11.3 Å². The molecule has 4 bridgehead atoms. The fourth-order valence-electron chi connectivity index (χ4n) is 5.52. The predicted octanol–water partition coefficient (Wildman–Crippen LogP) is 2.63. The molecule has 1 heterocycles. The van der Waals surface area contributed by atoms with Gasteiger partial charge in [-0.25, -0.2) is 0 Å². The minimum atomic E-state index is -0.810. The van der Waals surface area contributed by atoms with Crippen LogP contribution in [0.1, 0.15) is 50.3 Å². The molecule has 0 aliphatic heterocycles. The molecule has 5 rings (SSSR count). The summed E-state index contributed by atoms with van der Waals surface area (Å²) in [5, 5.41) is 15.5. The van der Waals surface area contributed by atoms with E-state index in [0.29, 0.717) is 24.8 Å². The molecule has 4 saturated carbocycles. The number of carbonyl (C=O) groups excluding carboxylic acids is 2. The van der Waals surface area contributed by atoms with Gasteiger partial charge in [0, 0.05) is 4.88 Å². The van der Waals surface area contributed by atoms with Crippen LogP contribution in [-0.2, 0) is 20.9 Å². The first-order valence-electron chi connectivity index (χ1n) is 9.11. The molecule has 1 amide bonds. The lowest BCUT2D eigenvalue weighted by atomic mass is 9.48. The van der Waals surface area contributed by atoms with Gasteiger partial charge in [0.2, 0.25) is 0 Å². The third kappa shape index (κ3) is 3.22. The van der Waals surface area contributed by atoms with Crippen LogP contribution in [0.3, 0.4) is 0 Å². The fraction of sp³-hybridized carbons (Fsp3) is 0.684. The molecule has 4 fully saturated rings. The average Bonchev–Trinajstić information content (AvgIpc) is 3.03. The second-order valence-electron chi connectivity index (χ2n) is 8.31. The molecule has 4 aliphatic carbocycles. The molecule has 1 aromatic rings. The first-order chi connectivity index (χ1) is 11.9. The molecule has 0 spiro atoms. The first-order valence-corrected chi connectivity index (χ1v) is 9.99. The number of esters is 1. The van der Waals surface area contributed by atoms with Gasteiger partial charge in [-0.15, -0.1) is 11.3 Å². The Labute approximate surface area is 151 Å². The van der Waals surface area contributed by atoms with E-state index in [2.05, 4.69) is 5.32 Å². The highest BCUT2D eigenvalue weighted by Crippen LogP contribution is 2.62. The maximum absolute atomic E-state index is 12.9. The van der Waals surface area contributed by atoms with E-state index in [1.54, 1.807) is 18.3 Å². The zero-order valence-corrected chi connectivity index (χ0v) is 15.3. The quantitative estimate of drug-likeness (QED) is 0.789. The van der Waals surface area contributed by atoms with Crippen molar-refractivity contribution in [2.75, 3.05) is 0 Å². The third-order valence-corrected chi connectivity index (χ3v) is 7.01. The summed E-state index contributed by atoms with van der Waals surface area (Å²) in [5.41, 5.74) is -1.28. The number of thiophene rings is 1. The Morgan fingerprint density at radius 2 is 2.08 bits per heavy atom. The topological polar surface area (TPSA) is 75.6 Å². The van der Waals surface area contributed by atoms with E-state index in [0.717, 1.165) is 37.0 Å². The number of nitrogens with one attached hydrogen (secondary N) is 1. The lowest BCUT2D eigenvalue weighted by Gasteiger charge is -2.58. The SMILES string of the molecule is C[C@@H](OC(=O)C12C[C@@H]3C[C@@H](CC(O)(C3)C1)C2)C(=O)NCc1cccs1. The summed E-state index contributed by atoms with van der Waals surface area (Å²) < 4.78 is 5.55. The van der Waals surface area contributed by atoms with Gasteiger partial charge in [0.15, 0.2) is 6.10 Å². The van der Waals surface area contributed by atoms with Crippen LogP contribution in [0.15, 0.2) is 17.5 Å². The largest absolute Gasteiger partial charge is 0.452 e. The molecule has 2 unspecified atom stereocenters. The maximum atomic E-state index is 12.9. The van der Waals surface area contributed by atoms with Crippen LogP contribution in [0.2, 0.25) is 0 Å². The highest BCUT2D eigenvalue weighted by atomic mass is 32.1. The van der Waals surface area contributed by atoms with E-state index in [9.17, 15) is 14.7 Å². The standard InChI is InChI=1S/C19H25NO4S/c1-12(16(21)20-10-15-3-2-4-25-15)24-17(22)18-6-13-5-14(7-18)9-19(23,8-13)11-18/h2-4,12-14,23H,5-11H2,1H3,(H,20,21)/t12-,13-,14+,18?,19?/m1/s1. The van der Waals surface area contributed by atoms with E-state index in [-0.39, 0.29) is 11.9 Å². The maximum Gasteiger partial charge on any atom is 0.312 e. The van der Waals surface area contributed by atoms with Gasteiger partial charge in [-0.1, -0.05) is 6.07 Å². The van der Waals surface area contributed by atoms with Crippen molar-refractivity contribution in [3.05, 3.63) is 22.4 Å². The Bertz CT molecular complexity index is 657. The van der Waals surface area contributed by atoms with Crippen molar-refractivity contribution in [3.8, 4) is 0 Å². The minimum absolute atomic E-state index is 0.273. The average molecular weight is 363 g/mol. The Morgan fingerprint density at radius 1 is 1.36 bits per heavy atom. The van der Waals surface area contributed by atoms with Crippen LogP contribution in [0.25, 0.3) is 0 Å². The van der Waals surface area contributed by atoms with Crippen LogP contribution < -0.4 is 5.32 Å². The molecule has 6 heteroatoms. The molecule has 5 nitrogen and oxygen atoms in total. The Morgan fingerprint density at radius 3 is 2.68 bits per heavy atom. The number of hydrogen-bond acceptors (Lipinski definition) is 5. The van der Waals surface area contributed by atoms with Gasteiger partial charge in [0.25, 0.3) is 5.91 Å². The summed E-state index contributed by atoms with van der Waals surface area (Å²) in [6.07, 6.45) is 4.03. The van der Waals surface area contributed by atoms with Crippen molar-refractivity contribution >= 4 is 23.2 Å². The molecule has 4 aliphatic rings. The zero-order chi connectivity index (χ0) is 17.7. The molecular weight excluding hydrogens is 338 g/mol. The highest BCUT2D eigenvalue weighted by molar-refractivity contribution is 7.09. The van der Waals surface area contributed by atoms with E-state index in [1.807, 2.05) is 17.5 Å². The Hall–Kier alpha value is -1.40. The predicted molar refractivity (Wildman–Crippen MR) is 93.8 cm³/mol. The number of rotatable bonds is 5. The molecule has 0 radical (unpaired) electrons. The molecule has 5 atom stereocenters. The summed E-state index contributed by atoms with van der Waals surface area (Å²) in [5.74, 6) is 0.271. The second kappa shape index (κ2) is 6.09. The molecule has 2 N–H and O–H groups in total. The molecule has 1 aromatic heterocycles. The number of carbonyl (C=O) groups is 2. The monoisotopic (exact) mass is 363 g/mol. The normalized spacial score (nSPS) is 36.9. The summed E-state index contributed by atoms with van der Waals surface area (Å²) >= 11 is 1.58. The third-order valence-electron chi connectivity index (χ3n) is 6.13. The van der Waals surface area contributed by atoms with Gasteiger partial charge in [-0.2, -0.15) is 0 Å². The van der Waals surface area contributed by atoms with Gasteiger partial charge in [-0.05, 0) is 68.7 Å². The molecule has 0 aromatic carbocycles. The summed E-state index contributed by atoms with van der Waals surface area (Å²) in [4.78, 5) is 26.2. The van der Waals surface area contributed by atoms with Crippen molar-refractivity contribution in [1.82, 2.24) is 5.32 Å². The number of amides is 1. The van der Waals surface area contributed by atoms with Crippen molar-refractivity contribution in [2.24, 2.45) is 17.3 Å². The zero-order valence-electron chi connectivity index (χ0n) is 14.5. The van der Waals surface area contributed by atoms with E-state index in [4.69, 9.17) is 4.74 Å². The summed E-state index contributed by atoms with van der Waals surface area (Å²) in [7, 11) is 0. The van der Waals surface area contributed by atoms with E-state index in [1.165, 1.54) is 0 Å². The van der Waals surface area contributed by atoms with Crippen molar-refractivity contribution < 1.29 is 19.4 Å². The smallest absolute Gasteiger partial charge is 0.312 e. The van der Waals surface area contributed by atoms with Crippen LogP contribution in [-0.4, -0.2) is 28.7 Å².